The first-order valence-electron chi connectivity index (χ1n) is 7.82. The van der Waals surface area contributed by atoms with Gasteiger partial charge in [-0.3, -0.25) is 4.79 Å². The van der Waals surface area contributed by atoms with E-state index in [1.165, 1.54) is 36.2 Å². The van der Waals surface area contributed by atoms with Crippen LogP contribution in [0.25, 0.3) is 0 Å². The Kier molecular flexibility index (Phi) is 5.00. The maximum atomic E-state index is 10.5. The number of aldehydes is 1. The van der Waals surface area contributed by atoms with Crippen LogP contribution >= 0.6 is 0 Å². The minimum absolute atomic E-state index is 0.0178. The van der Waals surface area contributed by atoms with Gasteiger partial charge < -0.3 is 4.90 Å². The molecule has 2 nitrogen and oxygen atoms in total. The highest BCUT2D eigenvalue weighted by Gasteiger charge is 2.39. The first kappa shape index (κ1) is 15.6. The molecule has 0 N–H and O–H groups in total. The number of nitrogens with zero attached hydrogens (tertiary/aromatic N) is 1. The lowest BCUT2D eigenvalue weighted by molar-refractivity contribution is -0.104. The molecule has 112 valence electrons. The van der Waals surface area contributed by atoms with Crippen molar-refractivity contribution < 1.29 is 4.79 Å². The molecule has 0 saturated heterocycles. The Morgan fingerprint density at radius 1 is 1.14 bits per heavy atom. The van der Waals surface area contributed by atoms with E-state index in [1.54, 1.807) is 6.08 Å². The van der Waals surface area contributed by atoms with Crippen LogP contribution in [0.1, 0.15) is 45.6 Å². The topological polar surface area (TPSA) is 20.3 Å². The number of carbonyl (C=O) groups is 1. The summed E-state index contributed by atoms with van der Waals surface area (Å²) in [5.74, 6) is 0. The van der Waals surface area contributed by atoms with Gasteiger partial charge >= 0.3 is 0 Å². The summed E-state index contributed by atoms with van der Waals surface area (Å²) in [5, 5.41) is 0. The normalized spacial score (nSPS) is 18.4. The van der Waals surface area contributed by atoms with E-state index >= 15 is 0 Å². The zero-order valence-corrected chi connectivity index (χ0v) is 13.3. The number of unbranched alkanes of at least 4 members (excludes halogenated alkanes) is 2. The summed E-state index contributed by atoms with van der Waals surface area (Å²) in [6, 6.07) is 8.63. The van der Waals surface area contributed by atoms with Crippen LogP contribution in [0.5, 0.6) is 0 Å². The fraction of sp³-hybridized carbons (Fsp3) is 0.421. The van der Waals surface area contributed by atoms with Gasteiger partial charge in [0.1, 0.15) is 6.29 Å². The molecule has 1 aliphatic heterocycles. The molecular formula is C19H25NO. The number of para-hydroxylation sites is 1. The molecule has 0 aliphatic carbocycles. The molecule has 0 radical (unpaired) electrons. The highest BCUT2D eigenvalue weighted by atomic mass is 16.1. The van der Waals surface area contributed by atoms with Crippen molar-refractivity contribution in [2.45, 2.75) is 45.4 Å². The lowest BCUT2D eigenvalue weighted by Gasteiger charge is -2.27. The molecule has 0 saturated carbocycles. The average molecular weight is 283 g/mol. The van der Waals surface area contributed by atoms with Crippen LogP contribution in [0.3, 0.4) is 0 Å². The molecule has 21 heavy (non-hydrogen) atoms. The summed E-state index contributed by atoms with van der Waals surface area (Å²) >= 11 is 0. The third-order valence-corrected chi connectivity index (χ3v) is 4.23. The molecule has 1 aromatic rings. The predicted molar refractivity (Wildman–Crippen MR) is 89.6 cm³/mol. The van der Waals surface area contributed by atoms with Gasteiger partial charge in [0.05, 0.1) is 0 Å². The van der Waals surface area contributed by atoms with Crippen molar-refractivity contribution in [1.82, 2.24) is 0 Å². The van der Waals surface area contributed by atoms with Crippen LogP contribution in [0.15, 0.2) is 48.2 Å². The van der Waals surface area contributed by atoms with Gasteiger partial charge in [0.2, 0.25) is 0 Å². The SMILES string of the molecule is CCCCCN1/C(=C\C=C\C=O)C(C)(C)c2ccccc21. The molecule has 0 aromatic heterocycles. The zero-order chi connectivity index (χ0) is 15.3. The summed E-state index contributed by atoms with van der Waals surface area (Å²) in [7, 11) is 0. The quantitative estimate of drug-likeness (QED) is 0.431. The molecule has 0 bridgehead atoms. The second-order valence-electron chi connectivity index (χ2n) is 6.07. The van der Waals surface area contributed by atoms with E-state index in [2.05, 4.69) is 56.0 Å². The Balaban J connectivity index is 2.38. The number of carbonyl (C=O) groups excluding carboxylic acids is 1. The number of rotatable bonds is 6. The number of benzene rings is 1. The molecule has 1 aromatic carbocycles. The van der Waals surface area contributed by atoms with E-state index in [-0.39, 0.29) is 5.41 Å². The van der Waals surface area contributed by atoms with E-state index in [9.17, 15) is 4.79 Å². The maximum Gasteiger partial charge on any atom is 0.142 e. The van der Waals surface area contributed by atoms with Crippen LogP contribution in [-0.4, -0.2) is 12.8 Å². The third kappa shape index (κ3) is 3.10. The summed E-state index contributed by atoms with van der Waals surface area (Å²) in [6.07, 6.45) is 9.97. The fourth-order valence-electron chi connectivity index (χ4n) is 3.09. The molecule has 2 rings (SSSR count). The lowest BCUT2D eigenvalue weighted by atomic mass is 9.84. The van der Waals surface area contributed by atoms with Crippen molar-refractivity contribution in [2.24, 2.45) is 0 Å². The van der Waals surface area contributed by atoms with Crippen LogP contribution in [-0.2, 0) is 10.2 Å². The van der Waals surface area contributed by atoms with E-state index in [0.29, 0.717) is 0 Å². The summed E-state index contributed by atoms with van der Waals surface area (Å²) in [5.41, 5.74) is 3.94. The van der Waals surface area contributed by atoms with Crippen LogP contribution in [0.2, 0.25) is 0 Å². The Bertz CT molecular complexity index is 554. The van der Waals surface area contributed by atoms with Gasteiger partial charge in [0.15, 0.2) is 0 Å². The smallest absolute Gasteiger partial charge is 0.142 e. The number of hydrogen-bond donors (Lipinski definition) is 0. The van der Waals surface area contributed by atoms with Crippen LogP contribution in [0, 0.1) is 0 Å². The van der Waals surface area contributed by atoms with E-state index in [1.807, 2.05) is 6.08 Å². The van der Waals surface area contributed by atoms with Crippen molar-refractivity contribution in [2.75, 3.05) is 11.4 Å². The molecular weight excluding hydrogens is 258 g/mol. The molecule has 0 amide bonds. The highest BCUT2D eigenvalue weighted by Crippen LogP contribution is 2.47. The second-order valence-corrected chi connectivity index (χ2v) is 6.07. The Morgan fingerprint density at radius 3 is 2.62 bits per heavy atom. The molecule has 0 spiro atoms. The van der Waals surface area contributed by atoms with Gasteiger partial charge in [-0.1, -0.05) is 57.9 Å². The van der Waals surface area contributed by atoms with Gasteiger partial charge in [-0.15, -0.1) is 0 Å². The van der Waals surface area contributed by atoms with Gasteiger partial charge in [-0.2, -0.15) is 0 Å². The van der Waals surface area contributed by atoms with Gasteiger partial charge in [0.25, 0.3) is 0 Å². The number of hydrogen-bond acceptors (Lipinski definition) is 2. The Morgan fingerprint density at radius 2 is 1.90 bits per heavy atom. The maximum absolute atomic E-state index is 10.5. The van der Waals surface area contributed by atoms with E-state index in [4.69, 9.17) is 0 Å². The molecule has 1 heterocycles. The predicted octanol–water partition coefficient (Wildman–Crippen LogP) is 4.61. The standard InChI is InChI=1S/C19H25NO/c1-4-5-9-14-20-17-12-7-6-11-16(17)19(2,3)18(20)13-8-10-15-21/h6-8,10-13,15H,4-5,9,14H2,1-3H3/b10-8+,18-13-. The van der Waals surface area contributed by atoms with Crippen molar-refractivity contribution in [1.29, 1.82) is 0 Å². The molecule has 0 atom stereocenters. The van der Waals surface area contributed by atoms with Gasteiger partial charge in [0, 0.05) is 23.3 Å². The first-order valence-corrected chi connectivity index (χ1v) is 7.82. The van der Waals surface area contributed by atoms with Gasteiger partial charge in [-0.25, -0.2) is 0 Å². The van der Waals surface area contributed by atoms with Gasteiger partial charge in [-0.05, 0) is 30.2 Å². The van der Waals surface area contributed by atoms with Crippen molar-refractivity contribution in [3.8, 4) is 0 Å². The Labute approximate surface area is 128 Å². The minimum atomic E-state index is -0.0178. The van der Waals surface area contributed by atoms with E-state index in [0.717, 1.165) is 12.8 Å². The Hall–Kier alpha value is -1.83. The lowest BCUT2D eigenvalue weighted by Crippen LogP contribution is -2.27. The minimum Gasteiger partial charge on any atom is -0.344 e. The van der Waals surface area contributed by atoms with Crippen molar-refractivity contribution in [3.63, 3.8) is 0 Å². The second kappa shape index (κ2) is 6.75. The summed E-state index contributed by atoms with van der Waals surface area (Å²) in [4.78, 5) is 12.9. The summed E-state index contributed by atoms with van der Waals surface area (Å²) in [6.45, 7) is 7.78. The molecule has 2 heteroatoms. The molecule has 0 unspecified atom stereocenters. The van der Waals surface area contributed by atoms with E-state index < -0.39 is 0 Å². The number of fused-ring (bicyclic) bond motifs is 1. The number of anilines is 1. The zero-order valence-electron chi connectivity index (χ0n) is 13.3. The van der Waals surface area contributed by atoms with Crippen molar-refractivity contribution >= 4 is 12.0 Å². The average Bonchev–Trinajstić information content (AvgIpc) is 2.69. The first-order chi connectivity index (χ1) is 10.1. The third-order valence-electron chi connectivity index (χ3n) is 4.23. The molecule has 0 fully saturated rings. The highest BCUT2D eigenvalue weighted by molar-refractivity contribution is 5.71. The van der Waals surface area contributed by atoms with Crippen LogP contribution in [0.4, 0.5) is 5.69 Å². The van der Waals surface area contributed by atoms with Crippen LogP contribution < -0.4 is 4.90 Å². The number of allylic oxidation sites excluding steroid dienone is 4. The van der Waals surface area contributed by atoms with Crippen molar-refractivity contribution in [3.05, 3.63) is 53.8 Å². The monoisotopic (exact) mass is 283 g/mol. The fourth-order valence-corrected chi connectivity index (χ4v) is 3.09. The summed E-state index contributed by atoms with van der Waals surface area (Å²) < 4.78 is 0. The molecule has 1 aliphatic rings. The largest absolute Gasteiger partial charge is 0.344 e.